The molecule has 3 nitrogen and oxygen atoms in total. The second-order valence-electron chi connectivity index (χ2n) is 4.80. The van der Waals surface area contributed by atoms with Crippen molar-refractivity contribution >= 4 is 27.7 Å². The number of aromatic nitrogens is 2. The van der Waals surface area contributed by atoms with Crippen molar-refractivity contribution in [1.82, 2.24) is 15.3 Å². The summed E-state index contributed by atoms with van der Waals surface area (Å²) in [6.07, 6.45) is 1.04. The molecule has 2 aromatic rings. The summed E-state index contributed by atoms with van der Waals surface area (Å²) >= 11 is 5.34. The predicted molar refractivity (Wildman–Crippen MR) is 85.9 cm³/mol. The third-order valence-electron chi connectivity index (χ3n) is 3.38. The van der Waals surface area contributed by atoms with Gasteiger partial charge in [-0.15, -0.1) is 11.8 Å². The number of rotatable bonds is 3. The van der Waals surface area contributed by atoms with Crippen LogP contribution in [-0.4, -0.2) is 16.5 Å². The van der Waals surface area contributed by atoms with Crippen LogP contribution >= 0.6 is 27.7 Å². The molecule has 0 saturated carbocycles. The summed E-state index contributed by atoms with van der Waals surface area (Å²) in [5.41, 5.74) is 3.64. The van der Waals surface area contributed by atoms with Gasteiger partial charge in [-0.05, 0) is 53.5 Å². The van der Waals surface area contributed by atoms with Crippen molar-refractivity contribution in [2.75, 3.05) is 6.54 Å². The highest BCUT2D eigenvalue weighted by molar-refractivity contribution is 9.10. The highest BCUT2D eigenvalue weighted by Crippen LogP contribution is 2.29. The van der Waals surface area contributed by atoms with E-state index >= 15 is 0 Å². The summed E-state index contributed by atoms with van der Waals surface area (Å²) < 4.78 is 1.13. The van der Waals surface area contributed by atoms with Crippen LogP contribution in [0.1, 0.15) is 22.8 Å². The van der Waals surface area contributed by atoms with Crippen molar-refractivity contribution in [3.63, 3.8) is 0 Å². The first-order chi connectivity index (χ1) is 9.74. The minimum atomic E-state index is 0.802. The van der Waals surface area contributed by atoms with E-state index in [1.165, 1.54) is 16.2 Å². The number of thioether (sulfide) groups is 1. The van der Waals surface area contributed by atoms with Crippen LogP contribution in [0.15, 0.2) is 33.6 Å². The molecule has 1 aliphatic heterocycles. The second-order valence-corrected chi connectivity index (χ2v) is 6.67. The Kier molecular flexibility index (Phi) is 4.38. The van der Waals surface area contributed by atoms with E-state index in [1.54, 1.807) is 11.8 Å². The zero-order valence-electron chi connectivity index (χ0n) is 11.3. The van der Waals surface area contributed by atoms with E-state index in [2.05, 4.69) is 51.4 Å². The first-order valence-corrected chi connectivity index (χ1v) is 8.45. The van der Waals surface area contributed by atoms with Gasteiger partial charge < -0.3 is 5.32 Å². The minimum absolute atomic E-state index is 0.802. The normalized spacial score (nSPS) is 14.1. The van der Waals surface area contributed by atoms with Gasteiger partial charge in [-0.1, -0.05) is 12.1 Å². The number of aryl methyl sites for hydroxylation is 1. The molecular formula is C15H16BrN3S. The fourth-order valence-corrected chi connectivity index (χ4v) is 3.80. The molecule has 1 N–H and O–H groups in total. The lowest BCUT2D eigenvalue weighted by Crippen LogP contribution is -2.26. The molecule has 0 aliphatic carbocycles. The van der Waals surface area contributed by atoms with Crippen LogP contribution < -0.4 is 5.32 Å². The van der Waals surface area contributed by atoms with E-state index in [-0.39, 0.29) is 0 Å². The number of halogens is 1. The maximum absolute atomic E-state index is 4.71. The molecule has 0 unspecified atom stereocenters. The quantitative estimate of drug-likeness (QED) is 0.860. The van der Waals surface area contributed by atoms with E-state index in [9.17, 15) is 0 Å². The lowest BCUT2D eigenvalue weighted by molar-refractivity contribution is 0.614. The molecule has 1 aliphatic rings. The fraction of sp³-hybridized carbons (Fsp3) is 0.333. The molecule has 0 fully saturated rings. The molecule has 0 radical (unpaired) electrons. The van der Waals surface area contributed by atoms with Crippen LogP contribution in [0, 0.1) is 6.92 Å². The Morgan fingerprint density at radius 2 is 2.15 bits per heavy atom. The Morgan fingerprint density at radius 1 is 1.30 bits per heavy atom. The van der Waals surface area contributed by atoms with Gasteiger partial charge in [-0.2, -0.15) is 0 Å². The van der Waals surface area contributed by atoms with Crippen molar-refractivity contribution < 1.29 is 0 Å². The van der Waals surface area contributed by atoms with Gasteiger partial charge in [0.1, 0.15) is 5.82 Å². The first kappa shape index (κ1) is 14.0. The van der Waals surface area contributed by atoms with Crippen LogP contribution in [0.4, 0.5) is 0 Å². The molecule has 1 aromatic heterocycles. The lowest BCUT2D eigenvalue weighted by atomic mass is 10.1. The number of nitrogens with one attached hydrogen (secondary N) is 1. The molecule has 104 valence electrons. The Morgan fingerprint density at radius 3 is 3.00 bits per heavy atom. The van der Waals surface area contributed by atoms with Gasteiger partial charge in [0.05, 0.1) is 11.4 Å². The molecule has 3 rings (SSSR count). The SMILES string of the molecule is Cc1nc(CSc2ccccc2Br)nc2c1CCNC2. The monoisotopic (exact) mass is 349 g/mol. The van der Waals surface area contributed by atoms with Gasteiger partial charge in [0.15, 0.2) is 0 Å². The van der Waals surface area contributed by atoms with E-state index in [4.69, 9.17) is 4.98 Å². The maximum Gasteiger partial charge on any atom is 0.139 e. The second kappa shape index (κ2) is 6.24. The smallest absolute Gasteiger partial charge is 0.139 e. The number of hydrogen-bond donors (Lipinski definition) is 1. The van der Waals surface area contributed by atoms with Gasteiger partial charge in [0, 0.05) is 21.6 Å². The maximum atomic E-state index is 4.71. The van der Waals surface area contributed by atoms with E-state index < -0.39 is 0 Å². The largest absolute Gasteiger partial charge is 0.311 e. The van der Waals surface area contributed by atoms with Gasteiger partial charge in [0.25, 0.3) is 0 Å². The van der Waals surface area contributed by atoms with Crippen molar-refractivity contribution in [3.8, 4) is 0 Å². The first-order valence-electron chi connectivity index (χ1n) is 6.67. The predicted octanol–water partition coefficient (Wildman–Crippen LogP) is 3.49. The third-order valence-corrected chi connectivity index (χ3v) is 5.41. The van der Waals surface area contributed by atoms with Gasteiger partial charge >= 0.3 is 0 Å². The number of benzene rings is 1. The Balaban J connectivity index is 1.78. The highest BCUT2D eigenvalue weighted by atomic mass is 79.9. The standard InChI is InChI=1S/C15H16BrN3S/c1-10-11-6-7-17-8-13(11)19-15(18-10)9-20-14-5-3-2-4-12(14)16/h2-5,17H,6-9H2,1H3. The minimum Gasteiger partial charge on any atom is -0.311 e. The van der Waals surface area contributed by atoms with Crippen LogP contribution in [0.5, 0.6) is 0 Å². The molecule has 1 aromatic carbocycles. The number of fused-ring (bicyclic) bond motifs is 1. The summed E-state index contributed by atoms with van der Waals surface area (Å²) in [5.74, 6) is 1.72. The number of hydrogen-bond acceptors (Lipinski definition) is 4. The van der Waals surface area contributed by atoms with E-state index in [0.717, 1.165) is 41.3 Å². The van der Waals surface area contributed by atoms with Crippen molar-refractivity contribution in [3.05, 3.63) is 51.5 Å². The van der Waals surface area contributed by atoms with Gasteiger partial charge in [-0.25, -0.2) is 9.97 Å². The van der Waals surface area contributed by atoms with Crippen molar-refractivity contribution in [2.45, 2.75) is 30.5 Å². The Bertz CT molecular complexity index is 631. The van der Waals surface area contributed by atoms with Crippen LogP contribution in [0.3, 0.4) is 0 Å². The van der Waals surface area contributed by atoms with E-state index in [0.29, 0.717) is 0 Å². The van der Waals surface area contributed by atoms with Gasteiger partial charge in [-0.3, -0.25) is 0 Å². The van der Waals surface area contributed by atoms with Crippen LogP contribution in [-0.2, 0) is 18.7 Å². The van der Waals surface area contributed by atoms with Crippen LogP contribution in [0.25, 0.3) is 0 Å². The average molecular weight is 350 g/mol. The lowest BCUT2D eigenvalue weighted by Gasteiger charge is -2.18. The number of nitrogens with zero attached hydrogens (tertiary/aromatic N) is 2. The third kappa shape index (κ3) is 3.05. The highest BCUT2D eigenvalue weighted by Gasteiger charge is 2.15. The Hall–Kier alpha value is -0.910. The molecule has 0 saturated heterocycles. The molecule has 20 heavy (non-hydrogen) atoms. The van der Waals surface area contributed by atoms with E-state index in [1.807, 2.05) is 6.07 Å². The summed E-state index contributed by atoms with van der Waals surface area (Å²) in [7, 11) is 0. The molecule has 5 heteroatoms. The average Bonchev–Trinajstić information content (AvgIpc) is 2.46. The Labute approximate surface area is 131 Å². The summed E-state index contributed by atoms with van der Waals surface area (Å²) in [4.78, 5) is 10.6. The fourth-order valence-electron chi connectivity index (χ4n) is 2.38. The molecule has 0 spiro atoms. The summed E-state index contributed by atoms with van der Waals surface area (Å²) in [6, 6.07) is 8.25. The van der Waals surface area contributed by atoms with Crippen molar-refractivity contribution in [1.29, 1.82) is 0 Å². The molecular weight excluding hydrogens is 334 g/mol. The zero-order chi connectivity index (χ0) is 13.9. The topological polar surface area (TPSA) is 37.8 Å². The zero-order valence-corrected chi connectivity index (χ0v) is 13.7. The molecule has 2 heterocycles. The summed E-state index contributed by atoms with van der Waals surface area (Å²) in [5, 5.41) is 3.37. The van der Waals surface area contributed by atoms with Gasteiger partial charge in [0.2, 0.25) is 0 Å². The molecule has 0 atom stereocenters. The van der Waals surface area contributed by atoms with Crippen molar-refractivity contribution in [2.24, 2.45) is 0 Å². The molecule has 0 amide bonds. The van der Waals surface area contributed by atoms with Crippen LogP contribution in [0.2, 0.25) is 0 Å². The summed E-state index contributed by atoms with van der Waals surface area (Å²) in [6.45, 7) is 3.99. The molecule has 0 bridgehead atoms.